The lowest BCUT2D eigenvalue weighted by atomic mass is 10.0. The van der Waals surface area contributed by atoms with Crippen LogP contribution in [0.5, 0.6) is 11.5 Å². The van der Waals surface area contributed by atoms with Crippen molar-refractivity contribution in [2.75, 3.05) is 14.2 Å². The van der Waals surface area contributed by atoms with Crippen molar-refractivity contribution in [1.29, 1.82) is 0 Å². The van der Waals surface area contributed by atoms with Gasteiger partial charge in [0.1, 0.15) is 0 Å². The van der Waals surface area contributed by atoms with Crippen LogP contribution in [0.25, 0.3) is 10.8 Å². The van der Waals surface area contributed by atoms with Gasteiger partial charge in [0.15, 0.2) is 11.5 Å². The molecule has 2 rings (SSSR count). The second-order valence-electron chi connectivity index (χ2n) is 3.95. The van der Waals surface area contributed by atoms with E-state index in [0.717, 1.165) is 5.39 Å². The molecule has 0 atom stereocenters. The van der Waals surface area contributed by atoms with Gasteiger partial charge in [-0.2, -0.15) is 0 Å². The van der Waals surface area contributed by atoms with E-state index in [-0.39, 0.29) is 17.9 Å². The van der Waals surface area contributed by atoms with E-state index in [1.165, 1.54) is 20.3 Å². The third-order valence-corrected chi connectivity index (χ3v) is 2.91. The highest BCUT2D eigenvalue weighted by Gasteiger charge is 2.16. The Morgan fingerprint density at radius 3 is 2.05 bits per heavy atom. The maximum absolute atomic E-state index is 10.9. The number of rotatable bonds is 4. The largest absolute Gasteiger partial charge is 0.493 e. The number of methoxy groups -OCH3 is 2. The zero-order chi connectivity index (χ0) is 14.0. The lowest BCUT2D eigenvalue weighted by Gasteiger charge is -2.10. The molecule has 0 aliphatic heterocycles. The van der Waals surface area contributed by atoms with Gasteiger partial charge in [-0.25, -0.2) is 0 Å². The number of fused-ring (bicyclic) bond motifs is 1. The van der Waals surface area contributed by atoms with Crippen LogP contribution in [-0.4, -0.2) is 24.2 Å². The van der Waals surface area contributed by atoms with Gasteiger partial charge >= 0.3 is 0 Å². The van der Waals surface area contributed by atoms with Crippen LogP contribution >= 0.6 is 0 Å². The summed E-state index contributed by atoms with van der Waals surface area (Å²) in [7, 11) is 3.02. The van der Waals surface area contributed by atoms with Gasteiger partial charge in [0.2, 0.25) is 0 Å². The fourth-order valence-corrected chi connectivity index (χ4v) is 1.96. The molecule has 0 aromatic heterocycles. The zero-order valence-electron chi connectivity index (χ0n) is 10.5. The van der Waals surface area contributed by atoms with Gasteiger partial charge in [0, 0.05) is 6.07 Å². The highest BCUT2D eigenvalue weighted by atomic mass is 16.6. The molecule has 0 spiro atoms. The van der Waals surface area contributed by atoms with Crippen LogP contribution in [0.15, 0.2) is 24.3 Å². The number of nitro benzene ring substituents is 1. The third-order valence-electron chi connectivity index (χ3n) is 2.91. The highest BCUT2D eigenvalue weighted by Crippen LogP contribution is 2.35. The summed E-state index contributed by atoms with van der Waals surface area (Å²) in [5.41, 5.74) is 0.159. The van der Waals surface area contributed by atoms with Crippen LogP contribution in [0.3, 0.4) is 0 Å². The first-order valence-corrected chi connectivity index (χ1v) is 5.54. The van der Waals surface area contributed by atoms with Crippen LogP contribution in [0.2, 0.25) is 0 Å². The number of aliphatic hydroxyl groups excluding tert-OH is 1. The van der Waals surface area contributed by atoms with Crippen molar-refractivity contribution in [2.45, 2.75) is 6.61 Å². The lowest BCUT2D eigenvalue weighted by molar-refractivity contribution is -0.385. The minimum atomic E-state index is -0.512. The molecular formula is C13H13NO5. The van der Waals surface area contributed by atoms with Crippen molar-refractivity contribution in [3.05, 3.63) is 39.9 Å². The maximum Gasteiger partial charge on any atom is 0.275 e. The number of nitro groups is 1. The first-order chi connectivity index (χ1) is 9.10. The molecular weight excluding hydrogens is 250 g/mol. The third kappa shape index (κ3) is 2.30. The highest BCUT2D eigenvalue weighted by molar-refractivity contribution is 5.89. The van der Waals surface area contributed by atoms with Gasteiger partial charge in [0.05, 0.1) is 31.3 Å². The van der Waals surface area contributed by atoms with E-state index in [1.807, 2.05) is 0 Å². The number of aliphatic hydroxyl groups is 1. The Kier molecular flexibility index (Phi) is 3.52. The van der Waals surface area contributed by atoms with E-state index in [9.17, 15) is 15.2 Å². The van der Waals surface area contributed by atoms with Crippen molar-refractivity contribution in [2.24, 2.45) is 0 Å². The smallest absolute Gasteiger partial charge is 0.275 e. The molecule has 19 heavy (non-hydrogen) atoms. The van der Waals surface area contributed by atoms with Crippen molar-refractivity contribution in [3.63, 3.8) is 0 Å². The molecule has 0 heterocycles. The minimum Gasteiger partial charge on any atom is -0.493 e. The summed E-state index contributed by atoms with van der Waals surface area (Å²) < 4.78 is 10.3. The SMILES string of the molecule is COc1cc2cc(CO)c([N+](=O)[O-])cc2cc1OC. The van der Waals surface area contributed by atoms with E-state index in [0.29, 0.717) is 16.9 Å². The second-order valence-corrected chi connectivity index (χ2v) is 3.95. The average Bonchev–Trinajstić information content (AvgIpc) is 2.43. The summed E-state index contributed by atoms with van der Waals surface area (Å²) in [6, 6.07) is 6.39. The van der Waals surface area contributed by atoms with Crippen LogP contribution in [-0.2, 0) is 6.61 Å². The molecule has 6 nitrogen and oxygen atoms in total. The predicted octanol–water partition coefficient (Wildman–Crippen LogP) is 2.26. The molecule has 0 aliphatic rings. The van der Waals surface area contributed by atoms with Gasteiger partial charge in [-0.1, -0.05) is 0 Å². The molecule has 6 heteroatoms. The van der Waals surface area contributed by atoms with Crippen molar-refractivity contribution < 1.29 is 19.5 Å². The Bertz CT molecular complexity index is 638. The monoisotopic (exact) mass is 263 g/mol. The van der Waals surface area contributed by atoms with Gasteiger partial charge in [0.25, 0.3) is 5.69 Å². The fraction of sp³-hybridized carbons (Fsp3) is 0.231. The molecule has 0 fully saturated rings. The topological polar surface area (TPSA) is 81.8 Å². The summed E-state index contributed by atoms with van der Waals surface area (Å²) in [6.07, 6.45) is 0. The number of hydrogen-bond donors (Lipinski definition) is 1. The molecule has 0 radical (unpaired) electrons. The molecule has 0 aliphatic carbocycles. The first-order valence-electron chi connectivity index (χ1n) is 5.54. The van der Waals surface area contributed by atoms with Gasteiger partial charge in [-0.3, -0.25) is 10.1 Å². The summed E-state index contributed by atoms with van der Waals surface area (Å²) in [6.45, 7) is -0.388. The zero-order valence-corrected chi connectivity index (χ0v) is 10.5. The fourth-order valence-electron chi connectivity index (χ4n) is 1.96. The summed E-state index contributed by atoms with van der Waals surface area (Å²) in [5.74, 6) is 1.04. The molecule has 0 amide bonds. The molecule has 2 aromatic carbocycles. The second kappa shape index (κ2) is 5.11. The van der Waals surface area contributed by atoms with Gasteiger partial charge < -0.3 is 14.6 Å². The Morgan fingerprint density at radius 1 is 1.11 bits per heavy atom. The normalized spacial score (nSPS) is 10.5. The van der Waals surface area contributed by atoms with E-state index < -0.39 is 4.92 Å². The molecule has 0 saturated heterocycles. The molecule has 2 aromatic rings. The van der Waals surface area contributed by atoms with Gasteiger partial charge in [-0.05, 0) is 29.0 Å². The number of ether oxygens (including phenoxy) is 2. The Balaban J connectivity index is 2.74. The molecule has 0 unspecified atom stereocenters. The quantitative estimate of drug-likeness (QED) is 0.675. The number of hydrogen-bond acceptors (Lipinski definition) is 5. The Morgan fingerprint density at radius 2 is 1.63 bits per heavy atom. The van der Waals surface area contributed by atoms with Crippen LogP contribution in [0.1, 0.15) is 5.56 Å². The lowest BCUT2D eigenvalue weighted by Crippen LogP contribution is -1.96. The van der Waals surface area contributed by atoms with Crippen LogP contribution < -0.4 is 9.47 Å². The van der Waals surface area contributed by atoms with E-state index in [1.54, 1.807) is 18.2 Å². The van der Waals surface area contributed by atoms with E-state index >= 15 is 0 Å². The van der Waals surface area contributed by atoms with Crippen molar-refractivity contribution in [1.82, 2.24) is 0 Å². The van der Waals surface area contributed by atoms with Crippen LogP contribution in [0.4, 0.5) is 5.69 Å². The van der Waals surface area contributed by atoms with Crippen molar-refractivity contribution in [3.8, 4) is 11.5 Å². The molecule has 100 valence electrons. The average molecular weight is 263 g/mol. The Hall–Kier alpha value is -2.34. The summed E-state index contributed by atoms with van der Waals surface area (Å²) in [5, 5.41) is 21.5. The summed E-state index contributed by atoms with van der Waals surface area (Å²) in [4.78, 5) is 10.4. The number of nitrogens with zero attached hydrogens (tertiary/aromatic N) is 1. The van der Waals surface area contributed by atoms with Crippen molar-refractivity contribution >= 4 is 16.5 Å². The molecule has 0 bridgehead atoms. The molecule has 0 saturated carbocycles. The molecule has 1 N–H and O–H groups in total. The predicted molar refractivity (Wildman–Crippen MR) is 69.6 cm³/mol. The first kappa shape index (κ1) is 13.1. The van der Waals surface area contributed by atoms with Gasteiger partial charge in [-0.15, -0.1) is 0 Å². The maximum atomic E-state index is 10.9. The minimum absolute atomic E-state index is 0.109. The number of benzene rings is 2. The standard InChI is InChI=1S/C13H13NO5/c1-18-12-5-8-3-10(7-15)11(14(16)17)4-9(8)6-13(12)19-2/h3-6,15H,7H2,1-2H3. The Labute approximate surface area is 109 Å². The van der Waals surface area contributed by atoms with E-state index in [2.05, 4.69) is 0 Å². The van der Waals surface area contributed by atoms with Crippen LogP contribution in [0, 0.1) is 10.1 Å². The summed E-state index contributed by atoms with van der Waals surface area (Å²) >= 11 is 0. The van der Waals surface area contributed by atoms with E-state index in [4.69, 9.17) is 9.47 Å².